The van der Waals surface area contributed by atoms with Gasteiger partial charge in [0, 0.05) is 34.0 Å². The molecule has 2 aromatic carbocycles. The quantitative estimate of drug-likeness (QED) is 0.192. The van der Waals surface area contributed by atoms with Gasteiger partial charge in [0.15, 0.2) is 10.9 Å². The Labute approximate surface area is 247 Å². The van der Waals surface area contributed by atoms with Gasteiger partial charge in [-0.3, -0.25) is 9.59 Å². The molecule has 5 aromatic rings. The van der Waals surface area contributed by atoms with Gasteiger partial charge in [-0.05, 0) is 48.4 Å². The molecular formula is C29H22Cl2F3N5O3. The Bertz CT molecular complexity index is 1870. The van der Waals surface area contributed by atoms with Crippen molar-refractivity contribution in [3.63, 3.8) is 0 Å². The molecule has 42 heavy (non-hydrogen) atoms. The lowest BCUT2D eigenvalue weighted by Gasteiger charge is -2.20. The van der Waals surface area contributed by atoms with Crippen molar-refractivity contribution in [1.82, 2.24) is 24.5 Å². The number of rotatable bonds is 8. The molecule has 0 spiro atoms. The van der Waals surface area contributed by atoms with E-state index in [1.165, 1.54) is 47.0 Å². The maximum absolute atomic E-state index is 13.4. The highest BCUT2D eigenvalue weighted by atomic mass is 35.5. The molecule has 0 saturated carbocycles. The number of nitrogens with zero attached hydrogens (tertiary/aromatic N) is 5. The molecule has 0 aliphatic rings. The van der Waals surface area contributed by atoms with Crippen molar-refractivity contribution in [3.05, 3.63) is 98.8 Å². The molecule has 0 aliphatic heterocycles. The van der Waals surface area contributed by atoms with Gasteiger partial charge in [-0.15, -0.1) is 5.10 Å². The van der Waals surface area contributed by atoms with Crippen LogP contribution in [0.15, 0.2) is 71.8 Å². The number of aromatic nitrogens is 5. The number of ether oxygens (including phenoxy) is 1. The first-order valence-corrected chi connectivity index (χ1v) is 13.4. The fourth-order valence-corrected chi connectivity index (χ4v) is 5.07. The minimum Gasteiger partial charge on any atom is -0.495 e. The fourth-order valence-electron chi connectivity index (χ4n) is 4.77. The summed E-state index contributed by atoms with van der Waals surface area (Å²) < 4.78 is 47.5. The summed E-state index contributed by atoms with van der Waals surface area (Å²) in [6.07, 6.45) is -1.31. The lowest BCUT2D eigenvalue weighted by atomic mass is 9.99. The average Bonchev–Trinajstić information content (AvgIpc) is 3.39. The van der Waals surface area contributed by atoms with E-state index >= 15 is 0 Å². The summed E-state index contributed by atoms with van der Waals surface area (Å²) in [5, 5.41) is 8.87. The van der Waals surface area contributed by atoms with Crippen LogP contribution >= 0.6 is 23.2 Å². The highest BCUT2D eigenvalue weighted by Crippen LogP contribution is 2.36. The summed E-state index contributed by atoms with van der Waals surface area (Å²) in [4.78, 5) is 30.5. The van der Waals surface area contributed by atoms with Crippen LogP contribution < -0.4 is 10.3 Å². The summed E-state index contributed by atoms with van der Waals surface area (Å²) in [6.45, 7) is 1.78. The Morgan fingerprint density at radius 1 is 1.02 bits per heavy atom. The summed E-state index contributed by atoms with van der Waals surface area (Å²) in [6, 6.07) is 12.4. The molecule has 0 N–H and O–H groups in total. The van der Waals surface area contributed by atoms with Crippen molar-refractivity contribution < 1.29 is 22.7 Å². The molecule has 13 heteroatoms. The number of halogens is 5. The lowest BCUT2D eigenvalue weighted by Crippen LogP contribution is -2.30. The van der Waals surface area contributed by atoms with Crippen LogP contribution in [0.3, 0.4) is 0 Å². The zero-order valence-corrected chi connectivity index (χ0v) is 23.7. The van der Waals surface area contributed by atoms with E-state index in [1.807, 2.05) is 0 Å². The van der Waals surface area contributed by atoms with E-state index < -0.39 is 23.5 Å². The van der Waals surface area contributed by atoms with Crippen LogP contribution in [0.5, 0.6) is 5.75 Å². The van der Waals surface area contributed by atoms with E-state index in [9.17, 15) is 22.8 Å². The Kier molecular flexibility index (Phi) is 8.07. The van der Waals surface area contributed by atoms with Crippen LogP contribution in [0.2, 0.25) is 10.2 Å². The number of carbonyl (C=O) groups excluding carboxylic acids is 1. The van der Waals surface area contributed by atoms with Gasteiger partial charge in [0.2, 0.25) is 0 Å². The second-order valence-corrected chi connectivity index (χ2v) is 10.3. The van der Waals surface area contributed by atoms with Gasteiger partial charge in [-0.1, -0.05) is 47.5 Å². The van der Waals surface area contributed by atoms with Crippen LogP contribution in [0.4, 0.5) is 13.2 Å². The molecule has 216 valence electrons. The summed E-state index contributed by atoms with van der Waals surface area (Å²) in [5.41, 5.74) is 0.809. The minimum atomic E-state index is -4.56. The standard InChI is InChI=1S/C29H22Cl2F3N5O3/c1-3-22(24(40)11-16-4-7-21-17(10-16)5-9-26(35-21)29(32,33)34)38-14-25(42-2)20(13-28(38)41)19-12-18(30)6-8-23(19)39-15-27(31)36-37-39/h4-10,12-15,22H,3,11H2,1-2H3. The third-order valence-electron chi connectivity index (χ3n) is 6.74. The van der Waals surface area contributed by atoms with Crippen LogP contribution in [-0.2, 0) is 17.4 Å². The number of pyridine rings is 2. The largest absolute Gasteiger partial charge is 0.495 e. The Morgan fingerprint density at radius 3 is 2.48 bits per heavy atom. The van der Waals surface area contributed by atoms with Crippen molar-refractivity contribution >= 4 is 39.9 Å². The van der Waals surface area contributed by atoms with Crippen molar-refractivity contribution in [2.45, 2.75) is 32.0 Å². The maximum Gasteiger partial charge on any atom is 0.433 e. The highest BCUT2D eigenvalue weighted by molar-refractivity contribution is 6.31. The van der Waals surface area contributed by atoms with Gasteiger partial charge < -0.3 is 9.30 Å². The molecule has 3 aromatic heterocycles. The first kappa shape index (κ1) is 29.3. The molecule has 1 unspecified atom stereocenters. The van der Waals surface area contributed by atoms with Crippen molar-refractivity contribution in [2.24, 2.45) is 0 Å². The van der Waals surface area contributed by atoms with Crippen LogP contribution in [0.25, 0.3) is 27.7 Å². The highest BCUT2D eigenvalue weighted by Gasteiger charge is 2.32. The van der Waals surface area contributed by atoms with Crippen LogP contribution in [0, 0.1) is 0 Å². The number of carbonyl (C=O) groups is 1. The molecule has 3 heterocycles. The minimum absolute atomic E-state index is 0.0442. The summed E-state index contributed by atoms with van der Waals surface area (Å²) >= 11 is 12.2. The number of Topliss-reactive ketones (excluding diaryl/α,β-unsaturated/α-hetero) is 1. The summed E-state index contributed by atoms with van der Waals surface area (Å²) in [7, 11) is 1.44. The van der Waals surface area contributed by atoms with Gasteiger partial charge in [-0.2, -0.15) is 13.2 Å². The molecule has 0 bridgehead atoms. The monoisotopic (exact) mass is 615 g/mol. The van der Waals surface area contributed by atoms with E-state index in [-0.39, 0.29) is 22.9 Å². The van der Waals surface area contributed by atoms with Gasteiger partial charge >= 0.3 is 6.18 Å². The van der Waals surface area contributed by atoms with Crippen molar-refractivity contribution in [2.75, 3.05) is 7.11 Å². The number of fused-ring (bicyclic) bond motifs is 1. The Hall–Kier alpha value is -4.22. The molecule has 0 fully saturated rings. The van der Waals surface area contributed by atoms with E-state index in [2.05, 4.69) is 15.3 Å². The lowest BCUT2D eigenvalue weighted by molar-refractivity contribution is -0.141. The SMILES string of the molecule is CCC(C(=O)Cc1ccc2nc(C(F)(F)F)ccc2c1)n1cc(OC)c(-c2cc(Cl)ccc2-n2cc(Cl)nn2)cc1=O. The molecule has 0 saturated heterocycles. The molecule has 5 rings (SSSR count). The molecule has 1 atom stereocenters. The first-order valence-electron chi connectivity index (χ1n) is 12.7. The number of benzene rings is 2. The number of hydrogen-bond donors (Lipinski definition) is 0. The maximum atomic E-state index is 13.4. The van der Waals surface area contributed by atoms with Crippen molar-refractivity contribution in [1.29, 1.82) is 0 Å². The first-order chi connectivity index (χ1) is 20.0. The predicted molar refractivity (Wildman–Crippen MR) is 152 cm³/mol. The number of alkyl halides is 3. The van der Waals surface area contributed by atoms with E-state index in [0.29, 0.717) is 45.0 Å². The fraction of sp³-hybridized carbons (Fsp3) is 0.207. The van der Waals surface area contributed by atoms with Gasteiger partial charge in [-0.25, -0.2) is 9.67 Å². The molecular weight excluding hydrogens is 594 g/mol. The number of hydrogen-bond acceptors (Lipinski definition) is 6. The van der Waals surface area contributed by atoms with Crippen LogP contribution in [-0.4, -0.2) is 37.4 Å². The predicted octanol–water partition coefficient (Wildman–Crippen LogP) is 6.74. The van der Waals surface area contributed by atoms with Gasteiger partial charge in [0.1, 0.15) is 11.4 Å². The third kappa shape index (κ3) is 5.88. The van der Waals surface area contributed by atoms with Crippen molar-refractivity contribution in [3.8, 4) is 22.6 Å². The Morgan fingerprint density at radius 2 is 1.81 bits per heavy atom. The molecule has 0 radical (unpaired) electrons. The van der Waals surface area contributed by atoms with E-state index in [4.69, 9.17) is 27.9 Å². The van der Waals surface area contributed by atoms with E-state index in [1.54, 1.807) is 37.3 Å². The number of methoxy groups -OCH3 is 1. The number of ketones is 1. The molecule has 0 amide bonds. The molecule has 8 nitrogen and oxygen atoms in total. The third-order valence-corrected chi connectivity index (χ3v) is 7.15. The topological polar surface area (TPSA) is 91.9 Å². The molecule has 0 aliphatic carbocycles. The Balaban J connectivity index is 1.48. The second kappa shape index (κ2) is 11.6. The smallest absolute Gasteiger partial charge is 0.433 e. The second-order valence-electron chi connectivity index (χ2n) is 9.44. The zero-order chi connectivity index (χ0) is 30.2. The normalized spacial score (nSPS) is 12.5. The summed E-state index contributed by atoms with van der Waals surface area (Å²) in [5.74, 6) is 0.0575. The van der Waals surface area contributed by atoms with Gasteiger partial charge in [0.25, 0.3) is 5.56 Å². The van der Waals surface area contributed by atoms with Gasteiger partial charge in [0.05, 0.1) is 36.7 Å². The van der Waals surface area contributed by atoms with E-state index in [0.717, 1.165) is 6.07 Å². The zero-order valence-electron chi connectivity index (χ0n) is 22.2. The average molecular weight is 616 g/mol. The van der Waals surface area contributed by atoms with Crippen LogP contribution in [0.1, 0.15) is 30.6 Å².